The molecule has 1 N–H and O–H groups in total. The molecule has 0 spiro atoms. The van der Waals surface area contributed by atoms with Crippen LogP contribution < -0.4 is 5.32 Å². The first-order chi connectivity index (χ1) is 13.5. The van der Waals surface area contributed by atoms with Crippen LogP contribution in [0.3, 0.4) is 0 Å². The van der Waals surface area contributed by atoms with Crippen LogP contribution in [0, 0.1) is 17.0 Å². The Labute approximate surface area is 160 Å². The first-order valence-corrected chi connectivity index (χ1v) is 8.63. The predicted molar refractivity (Wildman–Crippen MR) is 106 cm³/mol. The average Bonchev–Trinajstić information content (AvgIpc) is 3.14. The fourth-order valence-electron chi connectivity index (χ4n) is 3.11. The molecule has 4 aromatic rings. The lowest BCUT2D eigenvalue weighted by Gasteiger charge is -2.09. The molecule has 2 aromatic carbocycles. The first kappa shape index (κ1) is 17.4. The van der Waals surface area contributed by atoms with E-state index < -0.39 is 10.8 Å². The quantitative estimate of drug-likeness (QED) is 0.423. The minimum atomic E-state index is -0.564. The van der Waals surface area contributed by atoms with E-state index in [1.54, 1.807) is 18.2 Å². The number of hydrogen-bond donors (Lipinski definition) is 1. The number of anilines is 1. The number of para-hydroxylation sites is 2. The number of rotatable bonds is 4. The van der Waals surface area contributed by atoms with Crippen molar-refractivity contribution >= 4 is 22.9 Å². The molecule has 0 bridgehead atoms. The highest BCUT2D eigenvalue weighted by molar-refractivity contribution is 6.08. The first-order valence-electron chi connectivity index (χ1n) is 8.63. The molecule has 1 amide bonds. The number of carbonyl (C=O) groups is 1. The van der Waals surface area contributed by atoms with Gasteiger partial charge >= 0.3 is 0 Å². The van der Waals surface area contributed by atoms with Gasteiger partial charge in [-0.1, -0.05) is 36.4 Å². The largest absolute Gasteiger partial charge is 0.321 e. The van der Waals surface area contributed by atoms with Crippen molar-refractivity contribution in [1.29, 1.82) is 0 Å². The van der Waals surface area contributed by atoms with E-state index in [1.165, 1.54) is 18.2 Å². The molecule has 0 saturated carbocycles. The third-order valence-corrected chi connectivity index (χ3v) is 4.47. The highest BCUT2D eigenvalue weighted by Gasteiger charge is 2.20. The maximum Gasteiger partial charge on any atom is 0.282 e. The second-order valence-corrected chi connectivity index (χ2v) is 6.32. The number of nitro groups is 1. The minimum Gasteiger partial charge on any atom is -0.321 e. The molecule has 4 rings (SSSR count). The second-order valence-electron chi connectivity index (χ2n) is 6.32. The number of aromatic nitrogens is 2. The van der Waals surface area contributed by atoms with Crippen LogP contribution in [0.1, 0.15) is 15.9 Å². The van der Waals surface area contributed by atoms with Gasteiger partial charge in [0, 0.05) is 24.0 Å². The van der Waals surface area contributed by atoms with E-state index in [9.17, 15) is 14.9 Å². The van der Waals surface area contributed by atoms with Crippen molar-refractivity contribution in [3.8, 4) is 11.3 Å². The maximum atomic E-state index is 12.7. The number of nitro benzene ring substituents is 1. The molecule has 138 valence electrons. The summed E-state index contributed by atoms with van der Waals surface area (Å²) in [5.41, 5.74) is 3.61. The second kappa shape index (κ2) is 6.96. The standard InChI is InChI=1S/C21H16N4O3/c1-14-7-6-12-24-13-18(22-20(14)24)15-8-2-4-10-17(15)23-21(26)16-9-3-5-11-19(16)25(27)28/h2-13H,1H3,(H,23,26). The number of aryl methyl sites for hydroxylation is 1. The smallest absolute Gasteiger partial charge is 0.282 e. The Morgan fingerprint density at radius 2 is 1.82 bits per heavy atom. The third-order valence-electron chi connectivity index (χ3n) is 4.47. The van der Waals surface area contributed by atoms with Gasteiger partial charge in [-0.15, -0.1) is 0 Å². The molecule has 7 nitrogen and oxygen atoms in total. The summed E-state index contributed by atoms with van der Waals surface area (Å²) in [6, 6.07) is 17.0. The van der Waals surface area contributed by atoms with E-state index in [-0.39, 0.29) is 11.3 Å². The van der Waals surface area contributed by atoms with Crippen molar-refractivity contribution in [2.24, 2.45) is 0 Å². The molecular formula is C21H16N4O3. The SMILES string of the molecule is Cc1cccn2cc(-c3ccccc3NC(=O)c3ccccc3[N+](=O)[O-])nc12. The summed E-state index contributed by atoms with van der Waals surface area (Å²) >= 11 is 0. The molecule has 0 fully saturated rings. The van der Waals surface area contributed by atoms with Gasteiger partial charge < -0.3 is 9.72 Å². The zero-order valence-corrected chi connectivity index (χ0v) is 15.0. The summed E-state index contributed by atoms with van der Waals surface area (Å²) in [6.07, 6.45) is 3.80. The van der Waals surface area contributed by atoms with Crippen LogP contribution in [-0.4, -0.2) is 20.2 Å². The molecular weight excluding hydrogens is 356 g/mol. The lowest BCUT2D eigenvalue weighted by Crippen LogP contribution is -2.14. The fourth-order valence-corrected chi connectivity index (χ4v) is 3.11. The van der Waals surface area contributed by atoms with Gasteiger partial charge in [-0.3, -0.25) is 14.9 Å². The van der Waals surface area contributed by atoms with Gasteiger partial charge in [0.15, 0.2) is 0 Å². The van der Waals surface area contributed by atoms with Crippen molar-refractivity contribution in [3.05, 3.63) is 94.3 Å². The van der Waals surface area contributed by atoms with E-state index in [0.29, 0.717) is 11.4 Å². The number of pyridine rings is 1. The minimum absolute atomic E-state index is 0.00755. The Morgan fingerprint density at radius 1 is 1.07 bits per heavy atom. The summed E-state index contributed by atoms with van der Waals surface area (Å²) < 4.78 is 1.92. The highest BCUT2D eigenvalue weighted by Crippen LogP contribution is 2.29. The molecule has 0 radical (unpaired) electrons. The maximum absolute atomic E-state index is 12.7. The van der Waals surface area contributed by atoms with Crippen molar-refractivity contribution < 1.29 is 9.72 Å². The van der Waals surface area contributed by atoms with Gasteiger partial charge in [0.05, 0.1) is 16.3 Å². The van der Waals surface area contributed by atoms with Gasteiger partial charge in [0.1, 0.15) is 11.2 Å². The van der Waals surface area contributed by atoms with Crippen LogP contribution in [0.4, 0.5) is 11.4 Å². The number of imidazole rings is 1. The zero-order valence-electron chi connectivity index (χ0n) is 15.0. The molecule has 7 heteroatoms. The Balaban J connectivity index is 1.73. The van der Waals surface area contributed by atoms with Crippen molar-refractivity contribution in [1.82, 2.24) is 9.38 Å². The van der Waals surface area contributed by atoms with Gasteiger partial charge in [0.25, 0.3) is 11.6 Å². The number of nitrogens with zero attached hydrogens (tertiary/aromatic N) is 3. The molecule has 0 unspecified atom stereocenters. The molecule has 0 aliphatic carbocycles. The topological polar surface area (TPSA) is 89.5 Å². The van der Waals surface area contributed by atoms with Gasteiger partial charge in [0.2, 0.25) is 0 Å². The van der Waals surface area contributed by atoms with Crippen molar-refractivity contribution in [2.45, 2.75) is 6.92 Å². The number of carbonyl (C=O) groups excluding carboxylic acids is 1. The van der Waals surface area contributed by atoms with E-state index in [0.717, 1.165) is 16.8 Å². The van der Waals surface area contributed by atoms with Crippen molar-refractivity contribution in [3.63, 3.8) is 0 Å². The molecule has 0 saturated heterocycles. The number of amides is 1. The van der Waals surface area contributed by atoms with Gasteiger partial charge in [-0.05, 0) is 30.7 Å². The molecule has 0 aliphatic rings. The normalized spacial score (nSPS) is 10.8. The summed E-state index contributed by atoms with van der Waals surface area (Å²) in [5.74, 6) is -0.542. The lowest BCUT2D eigenvalue weighted by atomic mass is 10.1. The van der Waals surface area contributed by atoms with Crippen LogP contribution in [0.2, 0.25) is 0 Å². The fraction of sp³-hybridized carbons (Fsp3) is 0.0476. The Kier molecular flexibility index (Phi) is 4.33. The van der Waals surface area contributed by atoms with Crippen LogP contribution >= 0.6 is 0 Å². The number of benzene rings is 2. The van der Waals surface area contributed by atoms with E-state index in [1.807, 2.05) is 48.0 Å². The van der Waals surface area contributed by atoms with Crippen LogP contribution in [0.15, 0.2) is 73.1 Å². The third kappa shape index (κ3) is 3.09. The molecule has 2 aromatic heterocycles. The number of nitrogens with one attached hydrogen (secondary N) is 1. The summed E-state index contributed by atoms with van der Waals surface area (Å²) in [6.45, 7) is 1.98. The number of hydrogen-bond acceptors (Lipinski definition) is 4. The van der Waals surface area contributed by atoms with Crippen LogP contribution in [-0.2, 0) is 0 Å². The van der Waals surface area contributed by atoms with Gasteiger partial charge in [-0.25, -0.2) is 4.98 Å². The highest BCUT2D eigenvalue weighted by atomic mass is 16.6. The summed E-state index contributed by atoms with van der Waals surface area (Å²) in [7, 11) is 0. The van der Waals surface area contributed by atoms with Gasteiger partial charge in [-0.2, -0.15) is 0 Å². The monoisotopic (exact) mass is 372 g/mol. The Morgan fingerprint density at radius 3 is 2.61 bits per heavy atom. The summed E-state index contributed by atoms with van der Waals surface area (Å²) in [5, 5.41) is 14.0. The van der Waals surface area contributed by atoms with Crippen LogP contribution in [0.25, 0.3) is 16.9 Å². The number of fused-ring (bicyclic) bond motifs is 1. The van der Waals surface area contributed by atoms with Crippen LogP contribution in [0.5, 0.6) is 0 Å². The Hall–Kier alpha value is -4.00. The molecule has 2 heterocycles. The molecule has 28 heavy (non-hydrogen) atoms. The average molecular weight is 372 g/mol. The zero-order chi connectivity index (χ0) is 19.7. The molecule has 0 aliphatic heterocycles. The molecule has 0 atom stereocenters. The van der Waals surface area contributed by atoms with E-state index >= 15 is 0 Å². The summed E-state index contributed by atoms with van der Waals surface area (Å²) in [4.78, 5) is 28.0. The van der Waals surface area contributed by atoms with E-state index in [4.69, 9.17) is 0 Å². The Bertz CT molecular complexity index is 1210. The lowest BCUT2D eigenvalue weighted by molar-refractivity contribution is -0.385. The van der Waals surface area contributed by atoms with E-state index in [2.05, 4.69) is 10.3 Å². The van der Waals surface area contributed by atoms with Crippen molar-refractivity contribution in [2.75, 3.05) is 5.32 Å². The predicted octanol–water partition coefficient (Wildman–Crippen LogP) is 4.47.